The maximum absolute atomic E-state index is 13.7. The Morgan fingerprint density at radius 1 is 1.08 bits per heavy atom. The first-order valence-electron chi connectivity index (χ1n) is 11.8. The van der Waals surface area contributed by atoms with Crippen LogP contribution >= 0.6 is 22.7 Å². The Morgan fingerprint density at radius 2 is 1.76 bits per heavy atom. The number of amides is 1. The second-order valence-electron chi connectivity index (χ2n) is 8.57. The summed E-state index contributed by atoms with van der Waals surface area (Å²) in [5.74, 6) is -0.324. The molecule has 0 saturated heterocycles. The lowest BCUT2D eigenvalue weighted by Crippen LogP contribution is -2.32. The van der Waals surface area contributed by atoms with E-state index in [1.807, 2.05) is 6.92 Å². The quantitative estimate of drug-likeness (QED) is 0.277. The predicted octanol–water partition coefficient (Wildman–Crippen LogP) is 4.73. The largest absolute Gasteiger partial charge is 0.496 e. The average Bonchev–Trinajstić information content (AvgIpc) is 3.51. The molecule has 3 aromatic rings. The third kappa shape index (κ3) is 7.62. The zero-order valence-corrected chi connectivity index (χ0v) is 24.1. The highest BCUT2D eigenvalue weighted by Gasteiger charge is 2.23. The molecule has 0 atom stereocenters. The van der Waals surface area contributed by atoms with Crippen molar-refractivity contribution in [2.24, 2.45) is 0 Å². The summed E-state index contributed by atoms with van der Waals surface area (Å²) in [4.78, 5) is 34.6. The summed E-state index contributed by atoms with van der Waals surface area (Å²) in [5.41, 5.74) is 1.33. The van der Waals surface area contributed by atoms with Crippen LogP contribution < -0.4 is 9.47 Å². The first-order valence-corrected chi connectivity index (χ1v) is 15.3. The molecule has 0 fully saturated rings. The van der Waals surface area contributed by atoms with Crippen molar-refractivity contribution < 1.29 is 27.5 Å². The molecule has 1 amide bonds. The normalized spacial score (nSPS) is 11.4. The number of rotatable bonds is 13. The standard InChI is InChI=1S/C26H32N2O6S3/c1-6-37(31,32)16-22(29)21-15-35-25(27-21)14-28(11-7-8-20-10-9-17(2)36-20)26(30)19-12-23(33-4)18(3)24(13-19)34-5/h9-10,12-13,15H,6-8,11,14,16H2,1-5H3. The van der Waals surface area contributed by atoms with Crippen LogP contribution in [0.2, 0.25) is 0 Å². The van der Waals surface area contributed by atoms with Crippen LogP contribution in [-0.4, -0.2) is 62.3 Å². The summed E-state index contributed by atoms with van der Waals surface area (Å²) >= 11 is 2.97. The van der Waals surface area contributed by atoms with Gasteiger partial charge in [0, 0.05) is 38.6 Å². The number of aryl methyl sites for hydroxylation is 2. The number of Topliss-reactive ketones (excluding diaryl/α,β-unsaturated/α-hetero) is 1. The van der Waals surface area contributed by atoms with Crippen molar-refractivity contribution in [2.75, 3.05) is 32.3 Å². The fraction of sp³-hybridized carbons (Fsp3) is 0.423. The molecule has 1 aromatic carbocycles. The highest BCUT2D eigenvalue weighted by atomic mass is 32.2. The number of aromatic nitrogens is 1. The zero-order chi connectivity index (χ0) is 27.2. The number of carbonyl (C=O) groups is 2. The lowest BCUT2D eigenvalue weighted by Gasteiger charge is -2.23. The average molecular weight is 565 g/mol. The third-order valence-electron chi connectivity index (χ3n) is 5.89. The van der Waals surface area contributed by atoms with Crippen molar-refractivity contribution in [2.45, 2.75) is 40.2 Å². The van der Waals surface area contributed by atoms with Crippen LogP contribution in [-0.2, 0) is 22.8 Å². The highest BCUT2D eigenvalue weighted by Crippen LogP contribution is 2.30. The van der Waals surface area contributed by atoms with Crippen LogP contribution in [0.3, 0.4) is 0 Å². The van der Waals surface area contributed by atoms with E-state index >= 15 is 0 Å². The van der Waals surface area contributed by atoms with Gasteiger partial charge in [0.2, 0.25) is 0 Å². The lowest BCUT2D eigenvalue weighted by molar-refractivity contribution is 0.0740. The number of ketones is 1. The molecule has 0 aliphatic rings. The molecule has 0 aliphatic carbocycles. The van der Waals surface area contributed by atoms with Gasteiger partial charge in [-0.25, -0.2) is 13.4 Å². The molecule has 11 heteroatoms. The predicted molar refractivity (Wildman–Crippen MR) is 147 cm³/mol. The molecule has 2 aromatic heterocycles. The molecule has 37 heavy (non-hydrogen) atoms. The molecule has 0 aliphatic heterocycles. The molecule has 0 N–H and O–H groups in total. The number of benzene rings is 1. The molecule has 3 rings (SSSR count). The van der Waals surface area contributed by atoms with Crippen molar-refractivity contribution in [1.29, 1.82) is 0 Å². The molecule has 0 saturated carbocycles. The van der Waals surface area contributed by atoms with Crippen molar-refractivity contribution >= 4 is 44.2 Å². The number of carbonyl (C=O) groups excluding carboxylic acids is 2. The van der Waals surface area contributed by atoms with Crippen molar-refractivity contribution in [3.05, 3.63) is 61.2 Å². The number of hydrogen-bond donors (Lipinski definition) is 0. The fourth-order valence-electron chi connectivity index (χ4n) is 3.76. The summed E-state index contributed by atoms with van der Waals surface area (Å²) in [6, 6.07) is 7.58. The Balaban J connectivity index is 1.84. The maximum atomic E-state index is 13.7. The van der Waals surface area contributed by atoms with Crippen molar-refractivity contribution in [1.82, 2.24) is 9.88 Å². The lowest BCUT2D eigenvalue weighted by atomic mass is 10.1. The Kier molecular flexibility index (Phi) is 9.86. The van der Waals surface area contributed by atoms with E-state index in [4.69, 9.17) is 9.47 Å². The van der Waals surface area contributed by atoms with Crippen molar-refractivity contribution in [3.8, 4) is 11.5 Å². The van der Waals surface area contributed by atoms with Crippen LogP contribution in [0.4, 0.5) is 0 Å². The molecule has 0 unspecified atom stereocenters. The van der Waals surface area contributed by atoms with E-state index in [0.29, 0.717) is 28.6 Å². The van der Waals surface area contributed by atoms with E-state index in [1.54, 1.807) is 48.0 Å². The van der Waals surface area contributed by atoms with Gasteiger partial charge in [-0.15, -0.1) is 22.7 Å². The number of ether oxygens (including phenoxy) is 2. The first kappa shape index (κ1) is 28.8. The van der Waals surface area contributed by atoms with Gasteiger partial charge in [-0.3, -0.25) is 9.59 Å². The first-order chi connectivity index (χ1) is 17.6. The number of methoxy groups -OCH3 is 2. The van der Waals surface area contributed by atoms with Gasteiger partial charge >= 0.3 is 0 Å². The molecular weight excluding hydrogens is 532 g/mol. The molecule has 0 bridgehead atoms. The molecule has 200 valence electrons. The zero-order valence-electron chi connectivity index (χ0n) is 21.7. The monoisotopic (exact) mass is 564 g/mol. The molecule has 0 spiro atoms. The Bertz CT molecular complexity index is 1340. The fourth-order valence-corrected chi connectivity index (χ4v) is 6.26. The number of sulfone groups is 1. The number of thiophene rings is 1. The molecule has 8 nitrogen and oxygen atoms in total. The van der Waals surface area contributed by atoms with E-state index in [2.05, 4.69) is 24.0 Å². The van der Waals surface area contributed by atoms with Gasteiger partial charge in [0.25, 0.3) is 5.91 Å². The van der Waals surface area contributed by atoms with Gasteiger partial charge in [-0.2, -0.15) is 0 Å². The van der Waals surface area contributed by atoms with Crippen LogP contribution in [0, 0.1) is 13.8 Å². The minimum absolute atomic E-state index is 0.106. The summed E-state index contributed by atoms with van der Waals surface area (Å²) in [6.45, 7) is 6.10. The minimum Gasteiger partial charge on any atom is -0.496 e. The van der Waals surface area contributed by atoms with E-state index in [9.17, 15) is 18.0 Å². The SMILES string of the molecule is CCS(=O)(=O)CC(=O)c1csc(CN(CCCc2ccc(C)s2)C(=O)c2cc(OC)c(C)c(OC)c2)n1. The van der Waals surface area contributed by atoms with E-state index in [-0.39, 0.29) is 23.9 Å². The summed E-state index contributed by atoms with van der Waals surface area (Å²) < 4.78 is 34.6. The maximum Gasteiger partial charge on any atom is 0.254 e. The highest BCUT2D eigenvalue weighted by molar-refractivity contribution is 7.92. The Morgan fingerprint density at radius 3 is 2.32 bits per heavy atom. The van der Waals surface area contributed by atoms with Gasteiger partial charge in [0.1, 0.15) is 28.0 Å². The Hall–Kier alpha value is -2.76. The number of hydrogen-bond acceptors (Lipinski definition) is 9. The summed E-state index contributed by atoms with van der Waals surface area (Å²) in [7, 11) is -0.365. The molecule has 0 radical (unpaired) electrons. The van der Waals surface area contributed by atoms with Gasteiger partial charge in [-0.05, 0) is 51.0 Å². The Labute approximate surface area is 226 Å². The van der Waals surface area contributed by atoms with Crippen LogP contribution in [0.1, 0.15) is 54.5 Å². The van der Waals surface area contributed by atoms with E-state index in [0.717, 1.165) is 18.4 Å². The summed E-state index contributed by atoms with van der Waals surface area (Å²) in [6.07, 6.45) is 1.58. The number of nitrogens with zero attached hydrogens (tertiary/aromatic N) is 2. The van der Waals surface area contributed by atoms with E-state index in [1.165, 1.54) is 28.0 Å². The number of thiazole rings is 1. The van der Waals surface area contributed by atoms with Crippen LogP contribution in [0.5, 0.6) is 11.5 Å². The van der Waals surface area contributed by atoms with Crippen LogP contribution in [0.25, 0.3) is 0 Å². The molecular formula is C26H32N2O6S3. The van der Waals surface area contributed by atoms with E-state index < -0.39 is 21.4 Å². The third-order valence-corrected chi connectivity index (χ3v) is 9.36. The molecule has 2 heterocycles. The van der Waals surface area contributed by atoms with Gasteiger partial charge in [-0.1, -0.05) is 6.92 Å². The van der Waals surface area contributed by atoms with Gasteiger partial charge in [0.05, 0.1) is 20.8 Å². The van der Waals surface area contributed by atoms with Crippen molar-refractivity contribution in [3.63, 3.8) is 0 Å². The van der Waals surface area contributed by atoms with Gasteiger partial charge < -0.3 is 14.4 Å². The second kappa shape index (κ2) is 12.7. The van der Waals surface area contributed by atoms with Crippen LogP contribution in [0.15, 0.2) is 29.6 Å². The summed E-state index contributed by atoms with van der Waals surface area (Å²) in [5, 5.41) is 2.11. The smallest absolute Gasteiger partial charge is 0.254 e. The topological polar surface area (TPSA) is 103 Å². The minimum atomic E-state index is -3.46. The van der Waals surface area contributed by atoms with Gasteiger partial charge in [0.15, 0.2) is 15.6 Å². The second-order valence-corrected chi connectivity index (χ2v) is 13.2.